The van der Waals surface area contributed by atoms with Crippen molar-refractivity contribution in [2.45, 2.75) is 13.3 Å². The second-order valence-corrected chi connectivity index (χ2v) is 2.72. The molecule has 0 amide bonds. The molecule has 0 aromatic heterocycles. The third-order valence-corrected chi connectivity index (χ3v) is 1.59. The molecule has 1 aromatic carbocycles. The first kappa shape index (κ1) is 10.4. The van der Waals surface area contributed by atoms with Gasteiger partial charge in [-0.3, -0.25) is 10.1 Å². The topological polar surface area (TPSA) is 52.4 Å². The molecule has 5 heteroatoms. The van der Waals surface area contributed by atoms with Crippen LogP contribution in [0.3, 0.4) is 0 Å². The molecule has 1 rings (SSSR count). The van der Waals surface area contributed by atoms with E-state index in [0.29, 0.717) is 6.61 Å². The predicted molar refractivity (Wildman–Crippen MR) is 48.8 cm³/mol. The quantitative estimate of drug-likeness (QED) is 0.553. The summed E-state index contributed by atoms with van der Waals surface area (Å²) in [6, 6.07) is 3.34. The van der Waals surface area contributed by atoms with Gasteiger partial charge in [-0.2, -0.15) is 0 Å². The van der Waals surface area contributed by atoms with E-state index in [2.05, 4.69) is 0 Å². The number of nitrogens with zero attached hydrogens (tertiary/aromatic N) is 1. The minimum absolute atomic E-state index is 0.0532. The molecule has 0 N–H and O–H groups in total. The number of non-ortho nitro benzene ring substituents is 1. The lowest BCUT2D eigenvalue weighted by Crippen LogP contribution is -1.98. The zero-order chi connectivity index (χ0) is 10.6. The van der Waals surface area contributed by atoms with Crippen molar-refractivity contribution in [1.82, 2.24) is 0 Å². The maximum absolute atomic E-state index is 13.1. The lowest BCUT2D eigenvalue weighted by molar-refractivity contribution is -0.385. The van der Waals surface area contributed by atoms with Crippen LogP contribution in [0.5, 0.6) is 5.75 Å². The van der Waals surface area contributed by atoms with Crippen LogP contribution in [0, 0.1) is 15.9 Å². The first-order valence-electron chi connectivity index (χ1n) is 4.22. The fraction of sp³-hybridized carbons (Fsp3) is 0.333. The molecule has 0 bridgehead atoms. The highest BCUT2D eigenvalue weighted by Gasteiger charge is 2.10. The third-order valence-electron chi connectivity index (χ3n) is 1.59. The van der Waals surface area contributed by atoms with E-state index in [4.69, 9.17) is 4.74 Å². The number of hydrogen-bond acceptors (Lipinski definition) is 3. The van der Waals surface area contributed by atoms with E-state index < -0.39 is 10.7 Å². The Kier molecular flexibility index (Phi) is 3.39. The van der Waals surface area contributed by atoms with Crippen LogP contribution in [-0.4, -0.2) is 11.5 Å². The van der Waals surface area contributed by atoms with Crippen LogP contribution in [0.15, 0.2) is 18.2 Å². The fourth-order valence-electron chi connectivity index (χ4n) is 0.932. The van der Waals surface area contributed by atoms with E-state index in [1.54, 1.807) is 0 Å². The normalized spacial score (nSPS) is 9.86. The Hall–Kier alpha value is -1.65. The lowest BCUT2D eigenvalue weighted by atomic mass is 10.3. The van der Waals surface area contributed by atoms with E-state index in [-0.39, 0.29) is 11.4 Å². The summed E-state index contributed by atoms with van der Waals surface area (Å²) in [7, 11) is 0. The molecule has 0 heterocycles. The van der Waals surface area contributed by atoms with E-state index >= 15 is 0 Å². The van der Waals surface area contributed by atoms with Gasteiger partial charge in [0.2, 0.25) is 0 Å². The number of halogens is 1. The highest BCUT2D eigenvalue weighted by Crippen LogP contribution is 2.22. The van der Waals surface area contributed by atoms with Crippen LogP contribution in [0.2, 0.25) is 0 Å². The van der Waals surface area contributed by atoms with E-state index in [1.165, 1.54) is 12.1 Å². The van der Waals surface area contributed by atoms with Crippen molar-refractivity contribution in [3.05, 3.63) is 34.1 Å². The molecule has 1 aromatic rings. The first-order valence-corrected chi connectivity index (χ1v) is 4.22. The zero-order valence-corrected chi connectivity index (χ0v) is 7.70. The third kappa shape index (κ3) is 2.42. The average Bonchev–Trinajstić information content (AvgIpc) is 2.15. The molecule has 14 heavy (non-hydrogen) atoms. The molecule has 0 aliphatic heterocycles. The Morgan fingerprint density at radius 2 is 2.29 bits per heavy atom. The fourth-order valence-corrected chi connectivity index (χ4v) is 0.932. The largest absolute Gasteiger partial charge is 0.491 e. The lowest BCUT2D eigenvalue weighted by Gasteiger charge is -2.04. The van der Waals surface area contributed by atoms with Crippen molar-refractivity contribution >= 4 is 5.69 Å². The summed E-state index contributed by atoms with van der Waals surface area (Å²) >= 11 is 0. The van der Waals surface area contributed by atoms with Crippen molar-refractivity contribution in [2.75, 3.05) is 6.61 Å². The van der Waals surface area contributed by atoms with Crippen LogP contribution >= 0.6 is 0 Å². The maximum atomic E-state index is 13.1. The molecule has 76 valence electrons. The summed E-state index contributed by atoms with van der Waals surface area (Å²) in [5, 5.41) is 10.3. The Balaban J connectivity index is 2.84. The summed E-state index contributed by atoms with van der Waals surface area (Å²) in [6.07, 6.45) is 0.760. The molecule has 0 fully saturated rings. The van der Waals surface area contributed by atoms with Gasteiger partial charge in [-0.25, -0.2) is 4.39 Å². The van der Waals surface area contributed by atoms with Crippen LogP contribution < -0.4 is 4.74 Å². The standard InChI is InChI=1S/C9H10FNO3/c1-2-5-14-9-4-3-7(11(12)13)6-8(9)10/h3-4,6H,2,5H2,1H3. The van der Waals surface area contributed by atoms with Crippen molar-refractivity contribution in [1.29, 1.82) is 0 Å². The Labute approximate surface area is 80.5 Å². The van der Waals surface area contributed by atoms with Gasteiger partial charge >= 0.3 is 0 Å². The van der Waals surface area contributed by atoms with Crippen LogP contribution in [0.1, 0.15) is 13.3 Å². The van der Waals surface area contributed by atoms with E-state index in [0.717, 1.165) is 12.5 Å². The second kappa shape index (κ2) is 4.55. The minimum atomic E-state index is -0.701. The molecular weight excluding hydrogens is 189 g/mol. The van der Waals surface area contributed by atoms with Crippen molar-refractivity contribution in [3.63, 3.8) is 0 Å². The summed E-state index contributed by atoms with van der Waals surface area (Å²) in [5.74, 6) is -0.648. The first-order chi connectivity index (χ1) is 6.65. The smallest absolute Gasteiger partial charge is 0.272 e. The van der Waals surface area contributed by atoms with E-state index in [9.17, 15) is 14.5 Å². The van der Waals surface area contributed by atoms with E-state index in [1.807, 2.05) is 6.92 Å². The molecule has 0 aliphatic carbocycles. The molecule has 0 radical (unpaired) electrons. The van der Waals surface area contributed by atoms with Crippen LogP contribution in [0.25, 0.3) is 0 Å². The van der Waals surface area contributed by atoms with Gasteiger partial charge in [0.05, 0.1) is 17.6 Å². The number of nitro groups is 1. The number of nitro benzene ring substituents is 1. The number of benzene rings is 1. The second-order valence-electron chi connectivity index (χ2n) is 2.72. The summed E-state index contributed by atoms with van der Waals surface area (Å²) in [6.45, 7) is 2.29. The van der Waals surface area contributed by atoms with Gasteiger partial charge in [-0.05, 0) is 12.5 Å². The highest BCUT2D eigenvalue weighted by atomic mass is 19.1. The number of hydrogen-bond donors (Lipinski definition) is 0. The van der Waals surface area contributed by atoms with Crippen LogP contribution in [0.4, 0.5) is 10.1 Å². The summed E-state index contributed by atoms with van der Waals surface area (Å²) in [5.41, 5.74) is -0.272. The molecule has 0 saturated heterocycles. The zero-order valence-electron chi connectivity index (χ0n) is 7.70. The van der Waals surface area contributed by atoms with Crippen LogP contribution in [-0.2, 0) is 0 Å². The summed E-state index contributed by atoms with van der Waals surface area (Å²) < 4.78 is 18.1. The van der Waals surface area contributed by atoms with Gasteiger partial charge in [0, 0.05) is 6.07 Å². The van der Waals surface area contributed by atoms with Gasteiger partial charge in [0.15, 0.2) is 11.6 Å². The van der Waals surface area contributed by atoms with Gasteiger partial charge in [-0.1, -0.05) is 6.92 Å². The molecule has 4 nitrogen and oxygen atoms in total. The molecular formula is C9H10FNO3. The van der Waals surface area contributed by atoms with Gasteiger partial charge in [0.25, 0.3) is 5.69 Å². The van der Waals surface area contributed by atoms with Crippen molar-refractivity contribution in [3.8, 4) is 5.75 Å². The molecule has 0 aliphatic rings. The number of ether oxygens (including phenoxy) is 1. The molecule has 0 unspecified atom stereocenters. The Bertz CT molecular complexity index is 341. The molecule has 0 saturated carbocycles. The minimum Gasteiger partial charge on any atom is -0.491 e. The van der Waals surface area contributed by atoms with Crippen molar-refractivity contribution < 1.29 is 14.1 Å². The molecule has 0 spiro atoms. The monoisotopic (exact) mass is 199 g/mol. The van der Waals surface area contributed by atoms with Gasteiger partial charge in [0.1, 0.15) is 0 Å². The van der Waals surface area contributed by atoms with Crippen molar-refractivity contribution in [2.24, 2.45) is 0 Å². The Morgan fingerprint density at radius 3 is 2.79 bits per heavy atom. The number of rotatable bonds is 4. The van der Waals surface area contributed by atoms with Gasteiger partial charge in [-0.15, -0.1) is 0 Å². The predicted octanol–water partition coefficient (Wildman–Crippen LogP) is 2.52. The Morgan fingerprint density at radius 1 is 1.57 bits per heavy atom. The SMILES string of the molecule is CCCOc1ccc([N+](=O)[O-])cc1F. The average molecular weight is 199 g/mol. The molecule has 0 atom stereocenters. The highest BCUT2D eigenvalue weighted by molar-refractivity contribution is 5.37. The summed E-state index contributed by atoms with van der Waals surface area (Å²) in [4.78, 5) is 9.63. The van der Waals surface area contributed by atoms with Gasteiger partial charge < -0.3 is 4.74 Å². The maximum Gasteiger partial charge on any atom is 0.272 e.